The fourth-order valence-corrected chi connectivity index (χ4v) is 1.11. The van der Waals surface area contributed by atoms with Crippen LogP contribution in [0.1, 0.15) is 0 Å². The lowest BCUT2D eigenvalue weighted by Crippen LogP contribution is -1.63. The fraction of sp³-hybridized carbons (Fsp3) is 0. The first kappa shape index (κ1) is 5.67. The molecule has 1 aromatic heterocycles. The molecule has 1 aromatic rings. The second-order valence-corrected chi connectivity index (χ2v) is 3.52. The summed E-state index contributed by atoms with van der Waals surface area (Å²) in [6.07, 6.45) is 2.64. The van der Waals surface area contributed by atoms with Crippen LogP contribution in [0.2, 0.25) is 0 Å². The van der Waals surface area contributed by atoms with E-state index in [0.29, 0.717) is 0 Å². The Morgan fingerprint density at radius 2 is 2.38 bits per heavy atom. The van der Waals surface area contributed by atoms with Gasteiger partial charge in [-0.25, -0.2) is 11.1 Å². The summed E-state index contributed by atoms with van der Waals surface area (Å²) in [5.74, 6) is 0. The van der Waals surface area contributed by atoms with Gasteiger partial charge in [0.25, 0.3) is 0 Å². The lowest BCUT2D eigenvalue weighted by molar-refractivity contribution is 0.610. The monoisotopic (exact) mass is 226 g/mol. The molecule has 0 radical (unpaired) electrons. The second-order valence-electron chi connectivity index (χ2n) is 1.12. The number of aromatic nitrogens is 2. The number of aromatic amines is 1. The van der Waals surface area contributed by atoms with Gasteiger partial charge in [0, 0.05) is 0 Å². The molecule has 0 atom stereocenters. The molecule has 0 aliphatic rings. The van der Waals surface area contributed by atoms with Crippen molar-refractivity contribution in [3.05, 3.63) is 16.2 Å². The summed E-state index contributed by atoms with van der Waals surface area (Å²) in [6.45, 7) is 0. The van der Waals surface area contributed by atoms with Gasteiger partial charge in [0.05, 0.1) is 12.5 Å². The molecule has 0 spiro atoms. The maximum Gasteiger partial charge on any atom is 0.359 e. The first-order chi connectivity index (χ1) is 3.80. The van der Waals surface area contributed by atoms with Crippen molar-refractivity contribution in [3.63, 3.8) is 0 Å². The molecule has 1 heterocycles. The third kappa shape index (κ3) is 1.03. The highest BCUT2D eigenvalue weighted by atomic mass is 127. The quantitative estimate of drug-likeness (QED) is 0.719. The number of nitrogens with zero attached hydrogens (tertiary/aromatic N) is 1. The molecule has 44 valence electrons. The van der Waals surface area contributed by atoms with Crippen LogP contribution >= 0.6 is 19.8 Å². The van der Waals surface area contributed by atoms with Gasteiger partial charge in [0.15, 0.2) is 3.70 Å². The van der Waals surface area contributed by atoms with Gasteiger partial charge in [-0.15, -0.1) is 0 Å². The largest absolute Gasteiger partial charge is 0.359 e. The Morgan fingerprint density at radius 3 is 2.62 bits per heavy atom. The zero-order valence-electron chi connectivity index (χ0n) is 3.80. The molecule has 8 heavy (non-hydrogen) atoms. The summed E-state index contributed by atoms with van der Waals surface area (Å²) >= 11 is -3.25. The van der Waals surface area contributed by atoms with Crippen molar-refractivity contribution in [3.8, 4) is 0 Å². The Balaban J connectivity index is 3.11. The average Bonchev–Trinajstić information content (AvgIpc) is 2.12. The number of halogens is 1. The normalized spacial score (nSPS) is 10.1. The molecular weight excluding hydrogens is 223 g/mol. The number of hydrogen-bond donors (Lipinski definition) is 1. The van der Waals surface area contributed by atoms with Gasteiger partial charge < -0.3 is 4.98 Å². The fourth-order valence-electron chi connectivity index (χ4n) is 0.323. The summed E-state index contributed by atoms with van der Waals surface area (Å²) in [6, 6.07) is 0. The van der Waals surface area contributed by atoms with E-state index in [-0.39, 0.29) is 3.70 Å². The van der Waals surface area contributed by atoms with Crippen molar-refractivity contribution in [2.75, 3.05) is 0 Å². The number of imidazole rings is 1. The second kappa shape index (κ2) is 2.21. The minimum Gasteiger partial charge on any atom is -0.336 e. The van der Waals surface area contributed by atoms with Crippen LogP contribution in [0.5, 0.6) is 0 Å². The van der Waals surface area contributed by atoms with Crippen molar-refractivity contribution in [2.24, 2.45) is 0 Å². The predicted octanol–water partition coefficient (Wildman–Crippen LogP) is 0.777. The zero-order chi connectivity index (χ0) is 5.98. The third-order valence-corrected chi connectivity index (χ3v) is 2.17. The van der Waals surface area contributed by atoms with Crippen LogP contribution in [0.3, 0.4) is 0 Å². The van der Waals surface area contributed by atoms with E-state index in [1.807, 2.05) is 0 Å². The Kier molecular flexibility index (Phi) is 1.56. The van der Waals surface area contributed by atoms with Gasteiger partial charge in [0.2, 0.25) is 0 Å². The Labute approximate surface area is 52.5 Å². The highest BCUT2D eigenvalue weighted by Gasteiger charge is 1.94. The van der Waals surface area contributed by atoms with Crippen molar-refractivity contribution < 1.29 is 6.14 Å². The highest BCUT2D eigenvalue weighted by Crippen LogP contribution is 2.11. The van der Waals surface area contributed by atoms with E-state index in [1.165, 1.54) is 12.5 Å². The van der Waals surface area contributed by atoms with E-state index in [4.69, 9.17) is 0 Å². The van der Waals surface area contributed by atoms with Crippen LogP contribution in [-0.4, -0.2) is 9.97 Å². The zero-order valence-corrected chi connectivity index (χ0v) is 5.95. The predicted molar refractivity (Wildman–Crippen MR) is 32.7 cm³/mol. The minimum absolute atomic E-state index is 0.245. The summed E-state index contributed by atoms with van der Waals surface area (Å²) in [5, 5.41) is 0. The van der Waals surface area contributed by atoms with Crippen molar-refractivity contribution in [1.82, 2.24) is 9.97 Å². The molecule has 0 aliphatic carbocycles. The summed E-state index contributed by atoms with van der Waals surface area (Å²) in [7, 11) is 0. The van der Waals surface area contributed by atoms with E-state index in [0.717, 1.165) is 0 Å². The maximum absolute atomic E-state index is 10.1. The van der Waals surface area contributed by atoms with Crippen LogP contribution < -0.4 is 0 Å². The number of rotatable bonds is 1. The van der Waals surface area contributed by atoms with Crippen molar-refractivity contribution in [1.29, 1.82) is 0 Å². The molecule has 0 amide bonds. The summed E-state index contributed by atoms with van der Waals surface area (Å²) < 4.78 is 20.5. The molecule has 1 rings (SSSR count). The van der Waals surface area contributed by atoms with Gasteiger partial charge in [0.1, 0.15) is 0 Å². The van der Waals surface area contributed by atoms with E-state index in [1.54, 1.807) is 0 Å². The first-order valence-electron chi connectivity index (χ1n) is 1.84. The number of nitrogens with one attached hydrogen (secondary N) is 1. The lowest BCUT2D eigenvalue weighted by Gasteiger charge is -1.67. The molecule has 0 bridgehead atoms. The Hall–Kier alpha value is -0.460. The van der Waals surface area contributed by atoms with Crippen LogP contribution in [0.25, 0.3) is 0 Å². The molecule has 1 N–H and O–H groups in total. The Morgan fingerprint density at radius 1 is 1.62 bits per heavy atom. The molecule has 4 nitrogen and oxygen atoms in total. The van der Waals surface area contributed by atoms with Gasteiger partial charge in [-0.1, -0.05) is 0 Å². The van der Waals surface area contributed by atoms with Gasteiger partial charge in [-0.05, 0) is 0 Å². The molecule has 0 unspecified atom stereocenters. The maximum atomic E-state index is 10.1. The van der Waals surface area contributed by atoms with Crippen LogP contribution in [0.15, 0.2) is 12.5 Å². The van der Waals surface area contributed by atoms with Gasteiger partial charge in [-0.3, -0.25) is 0 Å². The van der Waals surface area contributed by atoms with Crippen molar-refractivity contribution >= 4 is 19.8 Å². The topological polar surface area (TPSA) is 62.8 Å². The molecule has 5 heteroatoms. The first-order valence-corrected chi connectivity index (χ1v) is 4.68. The molecule has 0 aromatic carbocycles. The molecule has 0 aliphatic heterocycles. The van der Waals surface area contributed by atoms with Crippen LogP contribution in [0, 0.1) is 3.70 Å². The standard InChI is InChI=1S/C3H3IN2O2/c7-4(8)3-1-5-2-6-3/h1-2H,(H,5,6). The molecular formula is C3H3IN2O2. The van der Waals surface area contributed by atoms with E-state index >= 15 is 0 Å². The number of hydrogen-bond acceptors (Lipinski definition) is 3. The van der Waals surface area contributed by atoms with Crippen LogP contribution in [0.4, 0.5) is 0 Å². The lowest BCUT2D eigenvalue weighted by atomic mass is 11.0. The van der Waals surface area contributed by atoms with E-state index in [9.17, 15) is 6.14 Å². The highest BCUT2D eigenvalue weighted by molar-refractivity contribution is 14.2. The minimum atomic E-state index is -3.25. The van der Waals surface area contributed by atoms with Gasteiger partial charge in [-0.2, -0.15) is 0 Å². The Bertz CT molecular complexity index is 217. The SMILES string of the molecule is O=I(=O)c1cnc[nH]1. The summed E-state index contributed by atoms with van der Waals surface area (Å²) in [5.41, 5.74) is 0. The van der Waals surface area contributed by atoms with E-state index in [2.05, 4.69) is 9.97 Å². The summed E-state index contributed by atoms with van der Waals surface area (Å²) in [4.78, 5) is 6.00. The number of H-pyrrole nitrogens is 1. The van der Waals surface area contributed by atoms with Crippen LogP contribution in [-0.2, 0) is 6.14 Å². The molecule has 0 saturated carbocycles. The average molecular weight is 226 g/mol. The molecule has 0 saturated heterocycles. The van der Waals surface area contributed by atoms with Crippen molar-refractivity contribution in [2.45, 2.75) is 0 Å². The smallest absolute Gasteiger partial charge is 0.336 e. The third-order valence-electron chi connectivity index (χ3n) is 0.631. The van der Waals surface area contributed by atoms with Gasteiger partial charge >= 0.3 is 19.8 Å². The van der Waals surface area contributed by atoms with E-state index < -0.39 is 19.8 Å². The molecule has 0 fully saturated rings.